The summed E-state index contributed by atoms with van der Waals surface area (Å²) in [5, 5.41) is 1.96. The minimum atomic E-state index is -3.57. The molecule has 0 bridgehead atoms. The number of para-hydroxylation sites is 1. The predicted molar refractivity (Wildman–Crippen MR) is 93.0 cm³/mol. The number of fused-ring (bicyclic) bond motifs is 5. The summed E-state index contributed by atoms with van der Waals surface area (Å²) in [5.74, 6) is 0. The molecule has 0 fully saturated rings. The number of thiophene rings is 1. The van der Waals surface area contributed by atoms with Gasteiger partial charge in [0.25, 0.3) is 10.0 Å². The van der Waals surface area contributed by atoms with E-state index in [9.17, 15) is 8.42 Å². The molecule has 0 saturated heterocycles. The van der Waals surface area contributed by atoms with E-state index < -0.39 is 10.0 Å². The van der Waals surface area contributed by atoms with Crippen LogP contribution in [0.25, 0.3) is 32.2 Å². The van der Waals surface area contributed by atoms with Gasteiger partial charge >= 0.3 is 0 Å². The molecule has 1 aliphatic heterocycles. The molecule has 6 heteroatoms. The average Bonchev–Trinajstić information content (AvgIpc) is 3.01. The largest absolute Gasteiger partial charge is 0.270 e. The second kappa shape index (κ2) is 4.01. The lowest BCUT2D eigenvalue weighted by Crippen LogP contribution is -2.17. The molecule has 5 rings (SSSR count). The van der Waals surface area contributed by atoms with E-state index in [-0.39, 0.29) is 0 Å². The second-order valence-electron chi connectivity index (χ2n) is 5.24. The minimum Gasteiger partial charge on any atom is -0.223 e. The van der Waals surface area contributed by atoms with Gasteiger partial charge in [-0.3, -0.25) is 0 Å². The molecule has 3 heterocycles. The van der Waals surface area contributed by atoms with Gasteiger partial charge in [-0.2, -0.15) is 0 Å². The minimum absolute atomic E-state index is 0.372. The van der Waals surface area contributed by atoms with Gasteiger partial charge in [-0.1, -0.05) is 36.4 Å². The van der Waals surface area contributed by atoms with Crippen molar-refractivity contribution in [2.24, 2.45) is 0 Å². The molecular formula is C16H8BrNO2S2. The van der Waals surface area contributed by atoms with E-state index in [1.807, 2.05) is 36.4 Å². The summed E-state index contributed by atoms with van der Waals surface area (Å²) in [4.78, 5) is 1.14. The third-order valence-corrected chi connectivity index (χ3v) is 7.59. The van der Waals surface area contributed by atoms with Gasteiger partial charge in [0.1, 0.15) is 4.83 Å². The lowest BCUT2D eigenvalue weighted by molar-refractivity contribution is 0.590. The Morgan fingerprint density at radius 3 is 2.59 bits per heavy atom. The summed E-state index contributed by atoms with van der Waals surface area (Å²) in [6.45, 7) is 0. The Kier molecular flexibility index (Phi) is 2.35. The third-order valence-electron chi connectivity index (χ3n) is 4.09. The first-order valence-corrected chi connectivity index (χ1v) is 9.71. The van der Waals surface area contributed by atoms with Crippen LogP contribution in [0.4, 0.5) is 0 Å². The number of rotatable bonds is 0. The SMILES string of the molecule is O=S1(=O)c2ccccc2-c2cccc3c4cc(Br)sc4n1c23. The third kappa shape index (κ3) is 1.38. The smallest absolute Gasteiger partial charge is 0.223 e. The highest BCUT2D eigenvalue weighted by molar-refractivity contribution is 9.11. The number of aromatic nitrogens is 1. The molecule has 1 aliphatic rings. The van der Waals surface area contributed by atoms with Crippen molar-refractivity contribution in [2.75, 3.05) is 0 Å². The van der Waals surface area contributed by atoms with Gasteiger partial charge < -0.3 is 0 Å². The lowest BCUT2D eigenvalue weighted by atomic mass is 10.0. The maximum atomic E-state index is 13.1. The van der Waals surface area contributed by atoms with Crippen LogP contribution in [0, 0.1) is 0 Å². The van der Waals surface area contributed by atoms with Gasteiger partial charge in [0.2, 0.25) is 0 Å². The molecule has 0 amide bonds. The second-order valence-corrected chi connectivity index (χ2v) is 9.40. The molecule has 0 unspecified atom stereocenters. The van der Waals surface area contributed by atoms with Gasteiger partial charge in [0.05, 0.1) is 14.2 Å². The molecule has 4 aromatic rings. The monoisotopic (exact) mass is 389 g/mol. The summed E-state index contributed by atoms with van der Waals surface area (Å²) in [6, 6.07) is 15.2. The highest BCUT2D eigenvalue weighted by Crippen LogP contribution is 2.46. The van der Waals surface area contributed by atoms with E-state index in [1.54, 1.807) is 12.1 Å². The number of benzene rings is 2. The molecule has 22 heavy (non-hydrogen) atoms. The van der Waals surface area contributed by atoms with Crippen LogP contribution in [0.3, 0.4) is 0 Å². The van der Waals surface area contributed by atoms with E-state index in [4.69, 9.17) is 0 Å². The quantitative estimate of drug-likeness (QED) is 0.380. The standard InChI is InChI=1S/C16H8BrNO2S2/c17-14-8-12-11-6-3-5-10-9-4-1-2-7-13(9)22(19,20)18(15(10)11)16(12)21-14/h1-8H. The molecule has 108 valence electrons. The number of hydrogen-bond acceptors (Lipinski definition) is 3. The van der Waals surface area contributed by atoms with Crippen LogP contribution < -0.4 is 0 Å². The fourth-order valence-corrected chi connectivity index (χ4v) is 6.80. The van der Waals surface area contributed by atoms with Crippen molar-refractivity contribution in [1.29, 1.82) is 0 Å². The van der Waals surface area contributed by atoms with Crippen molar-refractivity contribution < 1.29 is 8.42 Å². The van der Waals surface area contributed by atoms with Crippen LogP contribution in [0.2, 0.25) is 0 Å². The van der Waals surface area contributed by atoms with Gasteiger partial charge in [-0.25, -0.2) is 12.4 Å². The van der Waals surface area contributed by atoms with E-state index >= 15 is 0 Å². The van der Waals surface area contributed by atoms with Crippen LogP contribution in [0.1, 0.15) is 0 Å². The first-order chi connectivity index (χ1) is 10.6. The number of hydrogen-bond donors (Lipinski definition) is 0. The molecule has 0 aliphatic carbocycles. The highest BCUT2D eigenvalue weighted by atomic mass is 79.9. The number of halogens is 1. The average molecular weight is 390 g/mol. The Labute approximate surface area is 139 Å². The molecule has 0 atom stereocenters. The molecule has 2 aromatic heterocycles. The van der Waals surface area contributed by atoms with E-state index in [0.29, 0.717) is 4.90 Å². The van der Waals surface area contributed by atoms with Crippen molar-refractivity contribution in [2.45, 2.75) is 4.90 Å². The molecular weight excluding hydrogens is 382 g/mol. The Morgan fingerprint density at radius 1 is 0.955 bits per heavy atom. The lowest BCUT2D eigenvalue weighted by Gasteiger charge is -2.19. The molecule has 0 saturated carbocycles. The van der Waals surface area contributed by atoms with Crippen LogP contribution in [0.15, 0.2) is 57.2 Å². The topological polar surface area (TPSA) is 39.1 Å². The Morgan fingerprint density at radius 2 is 1.73 bits per heavy atom. The van der Waals surface area contributed by atoms with Gasteiger partial charge in [0.15, 0.2) is 0 Å². The highest BCUT2D eigenvalue weighted by Gasteiger charge is 2.33. The van der Waals surface area contributed by atoms with Crippen LogP contribution >= 0.6 is 27.3 Å². The van der Waals surface area contributed by atoms with E-state index in [2.05, 4.69) is 15.9 Å². The van der Waals surface area contributed by atoms with Crippen molar-refractivity contribution in [3.05, 3.63) is 52.3 Å². The maximum Gasteiger partial charge on any atom is 0.270 e. The van der Waals surface area contributed by atoms with E-state index in [0.717, 1.165) is 36.0 Å². The normalized spacial score (nSPS) is 15.3. The fourth-order valence-electron chi connectivity index (χ4n) is 3.24. The molecule has 2 aromatic carbocycles. The van der Waals surface area contributed by atoms with Crippen LogP contribution in [-0.2, 0) is 10.0 Å². The van der Waals surface area contributed by atoms with Gasteiger partial charge in [0, 0.05) is 21.9 Å². The Hall–Kier alpha value is -1.63. The zero-order chi connectivity index (χ0) is 15.1. The summed E-state index contributed by atoms with van der Waals surface area (Å²) in [6.07, 6.45) is 0. The summed E-state index contributed by atoms with van der Waals surface area (Å²) in [7, 11) is -3.57. The van der Waals surface area contributed by atoms with Crippen molar-refractivity contribution in [1.82, 2.24) is 3.97 Å². The molecule has 0 radical (unpaired) electrons. The molecule has 0 spiro atoms. The summed E-state index contributed by atoms with van der Waals surface area (Å²) < 4.78 is 28.7. The van der Waals surface area contributed by atoms with Crippen LogP contribution in [-0.4, -0.2) is 12.4 Å². The first kappa shape index (κ1) is 12.9. The predicted octanol–water partition coefficient (Wildman–Crippen LogP) is 4.84. The van der Waals surface area contributed by atoms with Crippen LogP contribution in [0.5, 0.6) is 0 Å². The molecule has 3 nitrogen and oxygen atoms in total. The van der Waals surface area contributed by atoms with Crippen molar-refractivity contribution in [3.63, 3.8) is 0 Å². The van der Waals surface area contributed by atoms with Gasteiger partial charge in [-0.15, -0.1) is 11.3 Å². The zero-order valence-electron chi connectivity index (χ0n) is 11.1. The van der Waals surface area contributed by atoms with Gasteiger partial charge in [-0.05, 0) is 28.1 Å². The zero-order valence-corrected chi connectivity index (χ0v) is 14.3. The maximum absolute atomic E-state index is 13.1. The molecule has 0 N–H and O–H groups in total. The first-order valence-electron chi connectivity index (χ1n) is 6.66. The van der Waals surface area contributed by atoms with Crippen molar-refractivity contribution >= 4 is 58.4 Å². The van der Waals surface area contributed by atoms with E-state index in [1.165, 1.54) is 15.3 Å². The fraction of sp³-hybridized carbons (Fsp3) is 0. The Bertz CT molecular complexity index is 1200. The summed E-state index contributed by atoms with van der Waals surface area (Å²) >= 11 is 4.92. The Balaban J connectivity index is 2.17. The summed E-state index contributed by atoms with van der Waals surface area (Å²) in [5.41, 5.74) is 2.54. The van der Waals surface area contributed by atoms with Crippen molar-refractivity contribution in [3.8, 4) is 11.1 Å². The number of nitrogens with zero attached hydrogens (tertiary/aromatic N) is 1.